The summed E-state index contributed by atoms with van der Waals surface area (Å²) in [4.78, 5) is 0. The summed E-state index contributed by atoms with van der Waals surface area (Å²) in [6, 6.07) is 3.51. The Morgan fingerprint density at radius 1 is 1.55 bits per heavy atom. The SMILES string of the molecule is CNc1ccc(SC#N)nn1. The fraction of sp³-hybridized carbons (Fsp3) is 0.167. The summed E-state index contributed by atoms with van der Waals surface area (Å²) in [5.41, 5.74) is 0. The van der Waals surface area contributed by atoms with Gasteiger partial charge in [-0.1, -0.05) is 0 Å². The van der Waals surface area contributed by atoms with Crippen molar-refractivity contribution in [3.05, 3.63) is 12.1 Å². The zero-order chi connectivity index (χ0) is 8.10. The third-order valence-corrected chi connectivity index (χ3v) is 1.56. The molecule has 0 aliphatic rings. The molecule has 0 saturated carbocycles. The van der Waals surface area contributed by atoms with Crippen molar-refractivity contribution in [3.8, 4) is 5.40 Å². The van der Waals surface area contributed by atoms with E-state index in [-0.39, 0.29) is 0 Å². The van der Waals surface area contributed by atoms with E-state index in [2.05, 4.69) is 15.5 Å². The molecule has 0 fully saturated rings. The van der Waals surface area contributed by atoms with E-state index in [1.165, 1.54) is 0 Å². The monoisotopic (exact) mass is 166 g/mol. The van der Waals surface area contributed by atoms with Gasteiger partial charge in [0.15, 0.2) is 0 Å². The first-order valence-corrected chi connectivity index (χ1v) is 3.76. The van der Waals surface area contributed by atoms with Crippen LogP contribution >= 0.6 is 11.8 Å². The average molecular weight is 166 g/mol. The minimum atomic E-state index is 0.617. The number of rotatable bonds is 2. The van der Waals surface area contributed by atoms with Crippen molar-refractivity contribution >= 4 is 17.6 Å². The predicted molar refractivity (Wildman–Crippen MR) is 43.0 cm³/mol. The largest absolute Gasteiger partial charge is 0.372 e. The number of nitriles is 1. The Kier molecular flexibility index (Phi) is 2.69. The van der Waals surface area contributed by atoms with Crippen LogP contribution in [0.4, 0.5) is 5.82 Å². The normalized spacial score (nSPS) is 8.73. The Bertz CT molecular complexity index is 263. The van der Waals surface area contributed by atoms with Crippen molar-refractivity contribution < 1.29 is 0 Å². The highest BCUT2D eigenvalue weighted by Crippen LogP contribution is 2.12. The van der Waals surface area contributed by atoms with E-state index < -0.39 is 0 Å². The molecule has 0 unspecified atom stereocenters. The Morgan fingerprint density at radius 3 is 2.82 bits per heavy atom. The van der Waals surface area contributed by atoms with Crippen LogP contribution in [0.2, 0.25) is 0 Å². The predicted octanol–water partition coefficient (Wildman–Crippen LogP) is 1.09. The van der Waals surface area contributed by atoms with Crippen molar-refractivity contribution in [2.75, 3.05) is 12.4 Å². The number of hydrogen-bond donors (Lipinski definition) is 1. The van der Waals surface area contributed by atoms with Crippen LogP contribution in [0.1, 0.15) is 0 Å². The molecule has 0 aliphatic carbocycles. The van der Waals surface area contributed by atoms with Crippen molar-refractivity contribution in [1.82, 2.24) is 10.2 Å². The van der Waals surface area contributed by atoms with Crippen molar-refractivity contribution in [1.29, 1.82) is 5.26 Å². The topological polar surface area (TPSA) is 61.6 Å². The quantitative estimate of drug-likeness (QED) is 0.526. The first-order chi connectivity index (χ1) is 5.36. The second-order valence-electron chi connectivity index (χ2n) is 1.70. The van der Waals surface area contributed by atoms with E-state index in [0.29, 0.717) is 10.8 Å². The molecule has 0 atom stereocenters. The van der Waals surface area contributed by atoms with Gasteiger partial charge in [0.25, 0.3) is 0 Å². The second-order valence-corrected chi connectivity index (χ2v) is 2.51. The molecule has 0 amide bonds. The number of nitrogens with one attached hydrogen (secondary N) is 1. The van der Waals surface area contributed by atoms with Crippen LogP contribution in [0.3, 0.4) is 0 Å². The van der Waals surface area contributed by atoms with E-state index in [4.69, 9.17) is 5.26 Å². The lowest BCUT2D eigenvalue weighted by molar-refractivity contribution is 0.935. The van der Waals surface area contributed by atoms with Crippen LogP contribution in [0.5, 0.6) is 0 Å². The van der Waals surface area contributed by atoms with Crippen LogP contribution in [-0.4, -0.2) is 17.2 Å². The van der Waals surface area contributed by atoms with Crippen LogP contribution in [0.25, 0.3) is 0 Å². The zero-order valence-electron chi connectivity index (χ0n) is 5.90. The molecule has 0 saturated heterocycles. The van der Waals surface area contributed by atoms with Gasteiger partial charge in [-0.2, -0.15) is 5.26 Å². The smallest absolute Gasteiger partial charge is 0.148 e. The van der Waals surface area contributed by atoms with Crippen LogP contribution < -0.4 is 5.32 Å². The average Bonchev–Trinajstić information content (AvgIpc) is 2.07. The molecule has 0 aromatic carbocycles. The molecule has 1 heterocycles. The first kappa shape index (κ1) is 7.82. The maximum Gasteiger partial charge on any atom is 0.148 e. The summed E-state index contributed by atoms with van der Waals surface area (Å²) in [5.74, 6) is 0.701. The van der Waals surface area contributed by atoms with Gasteiger partial charge in [0.1, 0.15) is 16.2 Å². The Labute approximate surface area is 68.6 Å². The van der Waals surface area contributed by atoms with Gasteiger partial charge < -0.3 is 5.32 Å². The van der Waals surface area contributed by atoms with E-state index in [9.17, 15) is 0 Å². The molecule has 4 nitrogen and oxygen atoms in total. The van der Waals surface area contributed by atoms with Gasteiger partial charge >= 0.3 is 0 Å². The Balaban J connectivity index is 2.76. The molecule has 1 aromatic rings. The zero-order valence-corrected chi connectivity index (χ0v) is 6.72. The fourth-order valence-electron chi connectivity index (χ4n) is 0.555. The lowest BCUT2D eigenvalue weighted by Crippen LogP contribution is -1.93. The van der Waals surface area contributed by atoms with Gasteiger partial charge in [-0.15, -0.1) is 10.2 Å². The van der Waals surface area contributed by atoms with E-state index in [0.717, 1.165) is 11.8 Å². The summed E-state index contributed by atoms with van der Waals surface area (Å²) in [6.07, 6.45) is 0. The molecule has 0 aliphatic heterocycles. The van der Waals surface area contributed by atoms with Crippen LogP contribution in [-0.2, 0) is 0 Å². The standard InChI is InChI=1S/C6H6N4S/c1-8-5-2-3-6(10-9-5)11-4-7/h2-3H,1H3,(H,8,9). The lowest BCUT2D eigenvalue weighted by atomic mass is 10.5. The van der Waals surface area contributed by atoms with Crippen molar-refractivity contribution in [2.45, 2.75) is 5.03 Å². The molecule has 1 aromatic heterocycles. The minimum Gasteiger partial charge on any atom is -0.372 e. The number of nitrogens with zero attached hydrogens (tertiary/aromatic N) is 3. The molecule has 1 rings (SSSR count). The number of thioether (sulfide) groups is 1. The summed E-state index contributed by atoms with van der Waals surface area (Å²) in [6.45, 7) is 0. The number of aromatic nitrogens is 2. The molecule has 0 bridgehead atoms. The van der Waals surface area contributed by atoms with Gasteiger partial charge in [-0.05, 0) is 12.1 Å². The van der Waals surface area contributed by atoms with Crippen molar-refractivity contribution in [3.63, 3.8) is 0 Å². The molecule has 1 N–H and O–H groups in total. The summed E-state index contributed by atoms with van der Waals surface area (Å²) >= 11 is 0.999. The van der Waals surface area contributed by atoms with E-state index >= 15 is 0 Å². The van der Waals surface area contributed by atoms with Crippen LogP contribution in [0.15, 0.2) is 17.2 Å². The minimum absolute atomic E-state index is 0.617. The van der Waals surface area contributed by atoms with Crippen LogP contribution in [0, 0.1) is 10.7 Å². The molecule has 5 heteroatoms. The van der Waals surface area contributed by atoms with Crippen molar-refractivity contribution in [2.24, 2.45) is 0 Å². The highest BCUT2D eigenvalue weighted by atomic mass is 32.2. The summed E-state index contributed by atoms with van der Waals surface area (Å²) in [5, 5.41) is 21.2. The third-order valence-electron chi connectivity index (χ3n) is 1.05. The second kappa shape index (κ2) is 3.78. The van der Waals surface area contributed by atoms with Gasteiger partial charge in [-0.3, -0.25) is 0 Å². The fourth-order valence-corrected chi connectivity index (χ4v) is 0.866. The van der Waals surface area contributed by atoms with E-state index in [1.807, 2.05) is 5.40 Å². The molecule has 0 spiro atoms. The van der Waals surface area contributed by atoms with Gasteiger partial charge in [0.2, 0.25) is 0 Å². The molecular formula is C6H6N4S. The number of hydrogen-bond acceptors (Lipinski definition) is 5. The maximum absolute atomic E-state index is 8.28. The molecular weight excluding hydrogens is 160 g/mol. The van der Waals surface area contributed by atoms with E-state index in [1.54, 1.807) is 19.2 Å². The summed E-state index contributed by atoms with van der Waals surface area (Å²) < 4.78 is 0. The molecule has 56 valence electrons. The van der Waals surface area contributed by atoms with Gasteiger partial charge in [-0.25, -0.2) is 0 Å². The number of anilines is 1. The highest BCUT2D eigenvalue weighted by molar-refractivity contribution is 8.03. The van der Waals surface area contributed by atoms with Gasteiger partial charge in [0, 0.05) is 18.8 Å². The molecule has 0 radical (unpaired) electrons. The van der Waals surface area contributed by atoms with Gasteiger partial charge in [0.05, 0.1) is 0 Å². The lowest BCUT2D eigenvalue weighted by Gasteiger charge is -1.95. The highest BCUT2D eigenvalue weighted by Gasteiger charge is 1.94. The molecule has 11 heavy (non-hydrogen) atoms. The first-order valence-electron chi connectivity index (χ1n) is 2.94. The Hall–Kier alpha value is -1.28. The third kappa shape index (κ3) is 2.09. The Morgan fingerprint density at radius 2 is 2.36 bits per heavy atom. The number of thiocyanates is 1. The summed E-state index contributed by atoms with van der Waals surface area (Å²) in [7, 11) is 1.77. The maximum atomic E-state index is 8.28.